The molecule has 1 aromatic heterocycles. The van der Waals surface area contributed by atoms with Gasteiger partial charge >= 0.3 is 0 Å². The third-order valence-electron chi connectivity index (χ3n) is 2.78. The van der Waals surface area contributed by atoms with Crippen LogP contribution >= 0.6 is 0 Å². The standard InChI is InChI=1S/C16H15FN2O/c1-12(9-16(20)14-3-2-8-18-11-14)19-10-13-4-6-15(17)7-5-13/h2-9,11,19H,10H2,1H3. The summed E-state index contributed by atoms with van der Waals surface area (Å²) in [7, 11) is 0. The molecular weight excluding hydrogens is 255 g/mol. The Balaban J connectivity index is 1.94. The number of halogens is 1. The van der Waals surface area contributed by atoms with Crippen molar-refractivity contribution < 1.29 is 9.18 Å². The van der Waals surface area contributed by atoms with Crippen LogP contribution in [-0.4, -0.2) is 10.8 Å². The first-order valence-electron chi connectivity index (χ1n) is 6.26. The second-order valence-electron chi connectivity index (χ2n) is 4.41. The Morgan fingerprint density at radius 1 is 1.30 bits per heavy atom. The summed E-state index contributed by atoms with van der Waals surface area (Å²) in [5, 5.41) is 3.12. The fourth-order valence-corrected chi connectivity index (χ4v) is 1.68. The molecular formula is C16H15FN2O. The largest absolute Gasteiger partial charge is 0.384 e. The van der Waals surface area contributed by atoms with E-state index in [2.05, 4.69) is 10.3 Å². The molecule has 0 fully saturated rings. The van der Waals surface area contributed by atoms with Crippen molar-refractivity contribution in [2.45, 2.75) is 13.5 Å². The second kappa shape index (κ2) is 6.61. The number of nitrogens with zero attached hydrogens (tertiary/aromatic N) is 1. The third kappa shape index (κ3) is 4.02. The predicted octanol–water partition coefficient (Wildman–Crippen LogP) is 3.10. The Morgan fingerprint density at radius 2 is 2.05 bits per heavy atom. The van der Waals surface area contributed by atoms with Crippen LogP contribution in [0.5, 0.6) is 0 Å². The predicted molar refractivity (Wildman–Crippen MR) is 75.6 cm³/mol. The van der Waals surface area contributed by atoms with Gasteiger partial charge < -0.3 is 5.32 Å². The number of nitrogens with one attached hydrogen (secondary N) is 1. The van der Waals surface area contributed by atoms with E-state index in [0.717, 1.165) is 11.3 Å². The number of carbonyl (C=O) groups excluding carboxylic acids is 1. The van der Waals surface area contributed by atoms with Crippen LogP contribution in [0.2, 0.25) is 0 Å². The number of hydrogen-bond acceptors (Lipinski definition) is 3. The molecule has 1 N–H and O–H groups in total. The van der Waals surface area contributed by atoms with Gasteiger partial charge in [0.25, 0.3) is 0 Å². The summed E-state index contributed by atoms with van der Waals surface area (Å²) in [5.41, 5.74) is 2.26. The molecule has 1 heterocycles. The van der Waals surface area contributed by atoms with Crippen LogP contribution in [0.1, 0.15) is 22.8 Å². The first-order valence-corrected chi connectivity index (χ1v) is 6.26. The zero-order valence-corrected chi connectivity index (χ0v) is 11.1. The van der Waals surface area contributed by atoms with Gasteiger partial charge in [-0.2, -0.15) is 0 Å². The molecule has 0 bridgehead atoms. The van der Waals surface area contributed by atoms with Gasteiger partial charge in [0.1, 0.15) is 5.82 Å². The van der Waals surface area contributed by atoms with Crippen molar-refractivity contribution in [2.75, 3.05) is 0 Å². The highest BCUT2D eigenvalue weighted by molar-refractivity contribution is 6.04. The minimum absolute atomic E-state index is 0.0952. The van der Waals surface area contributed by atoms with Crippen LogP contribution in [0.4, 0.5) is 4.39 Å². The SMILES string of the molecule is CC(=CC(=O)c1cccnc1)NCc1ccc(F)cc1. The molecule has 0 unspecified atom stereocenters. The second-order valence-corrected chi connectivity index (χ2v) is 4.41. The number of aromatic nitrogens is 1. The zero-order chi connectivity index (χ0) is 14.4. The number of benzene rings is 1. The van der Waals surface area contributed by atoms with E-state index in [1.54, 1.807) is 30.5 Å². The molecule has 102 valence electrons. The Kier molecular flexibility index (Phi) is 4.60. The lowest BCUT2D eigenvalue weighted by molar-refractivity contribution is 0.104. The molecule has 20 heavy (non-hydrogen) atoms. The molecule has 0 saturated carbocycles. The average molecular weight is 270 g/mol. The van der Waals surface area contributed by atoms with E-state index in [4.69, 9.17) is 0 Å². The fourth-order valence-electron chi connectivity index (χ4n) is 1.68. The van der Waals surface area contributed by atoms with Gasteiger partial charge in [-0.3, -0.25) is 9.78 Å². The molecule has 0 aliphatic heterocycles. The summed E-state index contributed by atoms with van der Waals surface area (Å²) in [6.07, 6.45) is 4.69. The van der Waals surface area contributed by atoms with Crippen LogP contribution < -0.4 is 5.32 Å². The topological polar surface area (TPSA) is 42.0 Å². The summed E-state index contributed by atoms with van der Waals surface area (Å²) in [6.45, 7) is 2.36. The summed E-state index contributed by atoms with van der Waals surface area (Å²) in [4.78, 5) is 15.8. The highest BCUT2D eigenvalue weighted by atomic mass is 19.1. The molecule has 0 saturated heterocycles. The number of ketones is 1. The molecule has 2 aromatic rings. The quantitative estimate of drug-likeness (QED) is 0.670. The van der Waals surface area contributed by atoms with Crippen LogP contribution in [0.3, 0.4) is 0 Å². The average Bonchev–Trinajstić information content (AvgIpc) is 2.47. The van der Waals surface area contributed by atoms with Crippen molar-refractivity contribution in [1.82, 2.24) is 10.3 Å². The van der Waals surface area contributed by atoms with Crippen molar-refractivity contribution in [2.24, 2.45) is 0 Å². The van der Waals surface area contributed by atoms with Crippen molar-refractivity contribution in [1.29, 1.82) is 0 Å². The van der Waals surface area contributed by atoms with E-state index >= 15 is 0 Å². The molecule has 0 atom stereocenters. The van der Waals surface area contributed by atoms with Gasteiger partial charge in [-0.25, -0.2) is 4.39 Å². The fraction of sp³-hybridized carbons (Fsp3) is 0.125. The van der Waals surface area contributed by atoms with Gasteiger partial charge in [0.15, 0.2) is 5.78 Å². The van der Waals surface area contributed by atoms with E-state index < -0.39 is 0 Å². The minimum atomic E-state index is -0.257. The van der Waals surface area contributed by atoms with Crippen molar-refractivity contribution in [3.8, 4) is 0 Å². The molecule has 1 aromatic carbocycles. The van der Waals surface area contributed by atoms with E-state index in [0.29, 0.717) is 12.1 Å². The molecule has 3 nitrogen and oxygen atoms in total. The van der Waals surface area contributed by atoms with Crippen LogP contribution in [0, 0.1) is 5.82 Å². The van der Waals surface area contributed by atoms with Crippen molar-refractivity contribution in [3.05, 3.63) is 77.5 Å². The van der Waals surface area contributed by atoms with Crippen molar-refractivity contribution >= 4 is 5.78 Å². The number of rotatable bonds is 5. The smallest absolute Gasteiger partial charge is 0.189 e. The van der Waals surface area contributed by atoms with Crippen LogP contribution in [-0.2, 0) is 6.54 Å². The van der Waals surface area contributed by atoms with E-state index in [1.807, 2.05) is 6.92 Å². The van der Waals surface area contributed by atoms with Gasteiger partial charge in [-0.15, -0.1) is 0 Å². The number of hydrogen-bond donors (Lipinski definition) is 1. The number of allylic oxidation sites excluding steroid dienone is 2. The highest BCUT2D eigenvalue weighted by Crippen LogP contribution is 2.04. The Labute approximate surface area is 117 Å². The van der Waals surface area contributed by atoms with Crippen molar-refractivity contribution in [3.63, 3.8) is 0 Å². The van der Waals surface area contributed by atoms with Gasteiger partial charge in [0.2, 0.25) is 0 Å². The summed E-state index contributed by atoms with van der Waals surface area (Å²) in [5.74, 6) is -0.352. The maximum absolute atomic E-state index is 12.8. The normalized spacial score (nSPS) is 11.2. The zero-order valence-electron chi connectivity index (χ0n) is 11.1. The lowest BCUT2D eigenvalue weighted by Crippen LogP contribution is -2.12. The summed E-state index contributed by atoms with van der Waals surface area (Å²) in [6, 6.07) is 9.69. The maximum atomic E-state index is 12.8. The monoisotopic (exact) mass is 270 g/mol. The Hall–Kier alpha value is -2.49. The van der Waals surface area contributed by atoms with E-state index in [-0.39, 0.29) is 11.6 Å². The molecule has 4 heteroatoms. The molecule has 0 aliphatic rings. The summed E-state index contributed by atoms with van der Waals surface area (Å²) >= 11 is 0. The van der Waals surface area contributed by atoms with Gasteiger partial charge in [-0.1, -0.05) is 12.1 Å². The number of pyridine rings is 1. The minimum Gasteiger partial charge on any atom is -0.384 e. The first-order chi connectivity index (χ1) is 9.65. The molecule has 0 amide bonds. The molecule has 0 radical (unpaired) electrons. The van der Waals surface area contributed by atoms with Gasteiger partial charge in [-0.05, 0) is 36.8 Å². The molecule has 0 aliphatic carbocycles. The lowest BCUT2D eigenvalue weighted by Gasteiger charge is -2.06. The Bertz CT molecular complexity index is 606. The molecule has 0 spiro atoms. The third-order valence-corrected chi connectivity index (χ3v) is 2.78. The Morgan fingerprint density at radius 3 is 2.70 bits per heavy atom. The van der Waals surface area contributed by atoms with Gasteiger partial charge in [0, 0.05) is 36.3 Å². The van der Waals surface area contributed by atoms with E-state index in [1.165, 1.54) is 24.4 Å². The highest BCUT2D eigenvalue weighted by Gasteiger charge is 2.02. The summed E-state index contributed by atoms with van der Waals surface area (Å²) < 4.78 is 12.8. The first kappa shape index (κ1) is 13.9. The maximum Gasteiger partial charge on any atom is 0.189 e. The lowest BCUT2D eigenvalue weighted by atomic mass is 10.1. The van der Waals surface area contributed by atoms with Crippen LogP contribution in [0.15, 0.2) is 60.6 Å². The molecule has 2 rings (SSSR count). The number of carbonyl (C=O) groups is 1. The van der Waals surface area contributed by atoms with Crippen LogP contribution in [0.25, 0.3) is 0 Å². The van der Waals surface area contributed by atoms with E-state index in [9.17, 15) is 9.18 Å². The van der Waals surface area contributed by atoms with Gasteiger partial charge in [0.05, 0.1) is 0 Å².